The van der Waals surface area contributed by atoms with Crippen molar-refractivity contribution in [3.05, 3.63) is 52.2 Å². The summed E-state index contributed by atoms with van der Waals surface area (Å²) in [6.07, 6.45) is 0.682. The first kappa shape index (κ1) is 15.2. The lowest BCUT2D eigenvalue weighted by molar-refractivity contribution is 0.303. The van der Waals surface area contributed by atoms with Gasteiger partial charge in [-0.25, -0.2) is 0 Å². The molecule has 0 spiro atoms. The molecule has 2 aromatic rings. The zero-order valence-electron chi connectivity index (χ0n) is 11.6. The summed E-state index contributed by atoms with van der Waals surface area (Å²) in [5.74, 6) is 0.300. The Morgan fingerprint density at radius 3 is 2.50 bits per heavy atom. The van der Waals surface area contributed by atoms with Crippen LogP contribution in [0.1, 0.15) is 30.4 Å². The molecule has 0 aliphatic heterocycles. The van der Waals surface area contributed by atoms with Crippen LogP contribution in [-0.2, 0) is 14.3 Å². The Hall–Kier alpha value is -1.17. The molecule has 0 bridgehead atoms. The lowest BCUT2D eigenvalue weighted by Gasteiger charge is -2.10. The van der Waals surface area contributed by atoms with Crippen molar-refractivity contribution in [1.29, 1.82) is 0 Å². The third-order valence-corrected chi connectivity index (χ3v) is 5.24. The molecule has 0 fully saturated rings. The number of thiophene rings is 1. The Balaban J connectivity index is 1.91. The lowest BCUT2D eigenvalue weighted by atomic mass is 10.0. The molecule has 1 heterocycles. The first-order valence-corrected chi connectivity index (χ1v) is 8.82. The molecule has 108 valence electrons. The summed E-state index contributed by atoms with van der Waals surface area (Å²) in [6, 6.07) is 8.75. The molecule has 1 unspecified atom stereocenters. The summed E-state index contributed by atoms with van der Waals surface area (Å²) in [4.78, 5) is 0.214. The third-order valence-electron chi connectivity index (χ3n) is 3.21. The van der Waals surface area contributed by atoms with Gasteiger partial charge in [0.1, 0.15) is 0 Å². The molecule has 1 aromatic heterocycles. The smallest absolute Gasteiger partial charge is 0.266 e. The first-order valence-electron chi connectivity index (χ1n) is 6.47. The molecule has 0 amide bonds. The van der Waals surface area contributed by atoms with Crippen molar-refractivity contribution in [2.45, 2.75) is 31.1 Å². The fourth-order valence-electron chi connectivity index (χ4n) is 1.83. The minimum Gasteiger partial charge on any atom is -0.266 e. The SMILES string of the molecule is Cc1ccc(S(=O)(=O)OCCC(C)c2ccsc2)cc1. The Bertz CT molecular complexity index is 628. The second-order valence-electron chi connectivity index (χ2n) is 4.84. The fourth-order valence-corrected chi connectivity index (χ4v) is 3.53. The average Bonchev–Trinajstić information content (AvgIpc) is 2.93. The van der Waals surface area contributed by atoms with E-state index in [1.807, 2.05) is 12.3 Å². The van der Waals surface area contributed by atoms with E-state index in [0.29, 0.717) is 12.3 Å². The lowest BCUT2D eigenvalue weighted by Crippen LogP contribution is -2.09. The molecule has 2 rings (SSSR count). The van der Waals surface area contributed by atoms with E-state index < -0.39 is 10.1 Å². The predicted molar refractivity (Wildman–Crippen MR) is 81.7 cm³/mol. The summed E-state index contributed by atoms with van der Waals surface area (Å²) < 4.78 is 29.1. The molecule has 0 radical (unpaired) electrons. The minimum absolute atomic E-state index is 0.202. The van der Waals surface area contributed by atoms with Gasteiger partial charge in [-0.2, -0.15) is 19.8 Å². The molecule has 20 heavy (non-hydrogen) atoms. The van der Waals surface area contributed by atoms with Crippen LogP contribution in [0.4, 0.5) is 0 Å². The van der Waals surface area contributed by atoms with Crippen LogP contribution in [0, 0.1) is 6.92 Å². The zero-order valence-corrected chi connectivity index (χ0v) is 13.2. The summed E-state index contributed by atoms with van der Waals surface area (Å²) in [5, 5.41) is 4.11. The van der Waals surface area contributed by atoms with Crippen molar-refractivity contribution >= 4 is 21.5 Å². The largest absolute Gasteiger partial charge is 0.296 e. The van der Waals surface area contributed by atoms with E-state index in [1.54, 1.807) is 35.6 Å². The van der Waals surface area contributed by atoms with Gasteiger partial charge in [-0.1, -0.05) is 24.6 Å². The van der Waals surface area contributed by atoms with Gasteiger partial charge in [-0.05, 0) is 53.8 Å². The number of hydrogen-bond donors (Lipinski definition) is 0. The predicted octanol–water partition coefficient (Wildman–Crippen LogP) is 3.96. The van der Waals surface area contributed by atoms with Crippen molar-refractivity contribution in [2.24, 2.45) is 0 Å². The Morgan fingerprint density at radius 1 is 1.20 bits per heavy atom. The van der Waals surface area contributed by atoms with Crippen LogP contribution in [0.2, 0.25) is 0 Å². The van der Waals surface area contributed by atoms with Crippen LogP contribution >= 0.6 is 11.3 Å². The van der Waals surface area contributed by atoms with Crippen molar-refractivity contribution in [3.63, 3.8) is 0 Å². The molecule has 0 N–H and O–H groups in total. The van der Waals surface area contributed by atoms with Crippen LogP contribution in [0.25, 0.3) is 0 Å². The standard InChI is InChI=1S/C15H18O3S2/c1-12-3-5-15(6-4-12)20(16,17)18-9-7-13(2)14-8-10-19-11-14/h3-6,8,10-11,13H,7,9H2,1-2H3. The summed E-state index contributed by atoms with van der Waals surface area (Å²) in [7, 11) is -3.64. The Labute approximate surface area is 124 Å². The maximum absolute atomic E-state index is 12.0. The number of rotatable bonds is 6. The fraction of sp³-hybridized carbons (Fsp3) is 0.333. The van der Waals surface area contributed by atoms with Crippen molar-refractivity contribution in [2.75, 3.05) is 6.61 Å². The van der Waals surface area contributed by atoms with Gasteiger partial charge in [-0.3, -0.25) is 4.18 Å². The number of hydrogen-bond acceptors (Lipinski definition) is 4. The average molecular weight is 310 g/mol. The summed E-state index contributed by atoms with van der Waals surface area (Å²) in [5.41, 5.74) is 2.25. The van der Waals surface area contributed by atoms with Crippen LogP contribution in [-0.4, -0.2) is 15.0 Å². The molecule has 1 atom stereocenters. The second kappa shape index (κ2) is 6.52. The topological polar surface area (TPSA) is 43.4 Å². The van der Waals surface area contributed by atoms with Gasteiger partial charge < -0.3 is 0 Å². The molecular weight excluding hydrogens is 292 g/mol. The maximum Gasteiger partial charge on any atom is 0.296 e. The van der Waals surface area contributed by atoms with Gasteiger partial charge in [0.15, 0.2) is 0 Å². The highest BCUT2D eigenvalue weighted by Crippen LogP contribution is 2.22. The van der Waals surface area contributed by atoms with Gasteiger partial charge >= 0.3 is 0 Å². The number of benzene rings is 1. The molecule has 1 aromatic carbocycles. The quantitative estimate of drug-likeness (QED) is 0.759. The molecular formula is C15H18O3S2. The number of aryl methyl sites for hydroxylation is 1. The third kappa shape index (κ3) is 3.91. The molecule has 0 aliphatic carbocycles. The summed E-state index contributed by atoms with van der Waals surface area (Å²) in [6.45, 7) is 4.19. The monoisotopic (exact) mass is 310 g/mol. The van der Waals surface area contributed by atoms with Gasteiger partial charge in [0.05, 0.1) is 11.5 Å². The van der Waals surface area contributed by atoms with Gasteiger partial charge in [-0.15, -0.1) is 0 Å². The van der Waals surface area contributed by atoms with E-state index in [2.05, 4.69) is 18.4 Å². The van der Waals surface area contributed by atoms with Crippen molar-refractivity contribution in [3.8, 4) is 0 Å². The van der Waals surface area contributed by atoms with Crippen LogP contribution < -0.4 is 0 Å². The highest BCUT2D eigenvalue weighted by Gasteiger charge is 2.15. The highest BCUT2D eigenvalue weighted by molar-refractivity contribution is 7.86. The van der Waals surface area contributed by atoms with Gasteiger partial charge in [0, 0.05) is 0 Å². The summed E-state index contributed by atoms with van der Waals surface area (Å²) >= 11 is 1.65. The molecule has 3 nitrogen and oxygen atoms in total. The maximum atomic E-state index is 12.0. The van der Waals surface area contributed by atoms with Crippen LogP contribution in [0.5, 0.6) is 0 Å². The van der Waals surface area contributed by atoms with E-state index in [0.717, 1.165) is 5.56 Å². The van der Waals surface area contributed by atoms with Crippen LogP contribution in [0.3, 0.4) is 0 Å². The van der Waals surface area contributed by atoms with E-state index >= 15 is 0 Å². The highest BCUT2D eigenvalue weighted by atomic mass is 32.2. The zero-order chi connectivity index (χ0) is 14.6. The van der Waals surface area contributed by atoms with Crippen molar-refractivity contribution in [1.82, 2.24) is 0 Å². The van der Waals surface area contributed by atoms with Crippen LogP contribution in [0.15, 0.2) is 46.0 Å². The Morgan fingerprint density at radius 2 is 1.90 bits per heavy atom. The Kier molecular flexibility index (Phi) is 4.96. The first-order chi connectivity index (χ1) is 9.49. The minimum atomic E-state index is -3.64. The molecule has 0 aliphatic rings. The van der Waals surface area contributed by atoms with E-state index in [-0.39, 0.29) is 11.5 Å². The van der Waals surface area contributed by atoms with E-state index in [9.17, 15) is 8.42 Å². The van der Waals surface area contributed by atoms with Gasteiger partial charge in [0.2, 0.25) is 0 Å². The van der Waals surface area contributed by atoms with E-state index in [1.165, 1.54) is 5.56 Å². The molecule has 0 saturated heterocycles. The van der Waals surface area contributed by atoms with Crippen molar-refractivity contribution < 1.29 is 12.6 Å². The molecule has 0 saturated carbocycles. The van der Waals surface area contributed by atoms with E-state index in [4.69, 9.17) is 4.18 Å². The van der Waals surface area contributed by atoms with Gasteiger partial charge in [0.25, 0.3) is 10.1 Å². The molecule has 5 heteroatoms. The normalized spacial score (nSPS) is 13.3. The second-order valence-corrected chi connectivity index (χ2v) is 7.23.